The number of rotatable bonds is 3. The number of quaternary nitrogens is 1. The number of carbonyl (C=O) groups excluding carboxylic acids is 1. The fourth-order valence-electron chi connectivity index (χ4n) is 4.02. The monoisotopic (exact) mass is 285 g/mol. The van der Waals surface area contributed by atoms with Crippen molar-refractivity contribution in [2.24, 2.45) is 11.8 Å². The van der Waals surface area contributed by atoms with Gasteiger partial charge in [-0.3, -0.25) is 4.79 Å². The average Bonchev–Trinajstić information content (AvgIpc) is 2.73. The van der Waals surface area contributed by atoms with Crippen LogP contribution in [0.1, 0.15) is 36.3 Å². The van der Waals surface area contributed by atoms with Crippen LogP contribution in [0.3, 0.4) is 0 Å². The lowest BCUT2D eigenvalue weighted by atomic mass is 9.91. The van der Waals surface area contributed by atoms with Gasteiger partial charge in [0, 0.05) is 28.4 Å². The Kier molecular flexibility index (Phi) is 3.85. The Morgan fingerprint density at radius 1 is 1.24 bits per heavy atom. The number of Topliss-reactive ketones (excluding diaryl/α,β-unsaturated/α-hetero) is 1. The highest BCUT2D eigenvalue weighted by atomic mass is 16.1. The van der Waals surface area contributed by atoms with Crippen LogP contribution >= 0.6 is 0 Å². The van der Waals surface area contributed by atoms with Gasteiger partial charge in [-0.25, -0.2) is 0 Å². The topological polar surface area (TPSA) is 37.3 Å². The molecule has 1 aromatic carbocycles. The quantitative estimate of drug-likeness (QED) is 0.834. The number of H-pyrrole nitrogens is 1. The lowest BCUT2D eigenvalue weighted by Gasteiger charge is -2.31. The summed E-state index contributed by atoms with van der Waals surface area (Å²) in [5.74, 6) is 1.72. The summed E-state index contributed by atoms with van der Waals surface area (Å²) < 4.78 is 0. The molecule has 3 heteroatoms. The van der Waals surface area contributed by atoms with Gasteiger partial charge in [0.25, 0.3) is 0 Å². The first kappa shape index (κ1) is 14.3. The predicted molar refractivity (Wildman–Crippen MR) is 85.9 cm³/mol. The molecule has 1 saturated heterocycles. The van der Waals surface area contributed by atoms with E-state index in [2.05, 4.69) is 18.8 Å². The van der Waals surface area contributed by atoms with Gasteiger partial charge in [0.15, 0.2) is 0 Å². The first-order chi connectivity index (χ1) is 10.0. The number of aromatic nitrogens is 1. The Morgan fingerprint density at radius 2 is 1.90 bits per heavy atom. The van der Waals surface area contributed by atoms with Gasteiger partial charge in [-0.15, -0.1) is 0 Å². The third-order valence-corrected chi connectivity index (χ3v) is 4.66. The molecule has 0 unspecified atom stereocenters. The minimum absolute atomic E-state index is 0.279. The Bertz CT molecular complexity index is 648. The van der Waals surface area contributed by atoms with Crippen molar-refractivity contribution in [1.82, 2.24) is 4.98 Å². The molecule has 1 aliphatic heterocycles. The summed E-state index contributed by atoms with van der Waals surface area (Å²) >= 11 is 0. The van der Waals surface area contributed by atoms with Crippen LogP contribution in [0.5, 0.6) is 0 Å². The minimum Gasteiger partial charge on any atom is -0.358 e. The maximum atomic E-state index is 12.8. The second kappa shape index (κ2) is 5.64. The van der Waals surface area contributed by atoms with Crippen LogP contribution in [0, 0.1) is 18.8 Å². The van der Waals surface area contributed by atoms with E-state index in [0.29, 0.717) is 6.54 Å². The van der Waals surface area contributed by atoms with Crippen molar-refractivity contribution in [3.8, 4) is 0 Å². The minimum atomic E-state index is 0.279. The van der Waals surface area contributed by atoms with E-state index < -0.39 is 0 Å². The van der Waals surface area contributed by atoms with Gasteiger partial charge in [0.05, 0.1) is 18.7 Å². The van der Waals surface area contributed by atoms with E-state index in [1.165, 1.54) is 11.3 Å². The molecule has 2 aromatic rings. The Hall–Kier alpha value is -1.61. The second-order valence-corrected chi connectivity index (χ2v) is 6.87. The summed E-state index contributed by atoms with van der Waals surface area (Å²) in [5.41, 5.74) is 2.96. The van der Waals surface area contributed by atoms with Crippen molar-refractivity contribution in [3.63, 3.8) is 0 Å². The normalized spacial score (nSPS) is 26.1. The number of aromatic amines is 1. The van der Waals surface area contributed by atoms with E-state index in [0.717, 1.165) is 47.1 Å². The molecule has 0 aliphatic carbocycles. The number of aryl methyl sites for hydroxylation is 1. The molecule has 0 bridgehead atoms. The maximum absolute atomic E-state index is 12.8. The molecule has 112 valence electrons. The largest absolute Gasteiger partial charge is 0.358 e. The molecule has 3 nitrogen and oxygen atoms in total. The number of ketones is 1. The molecule has 0 saturated carbocycles. The number of fused-ring (bicyclic) bond motifs is 1. The maximum Gasteiger partial charge on any atom is 0.219 e. The van der Waals surface area contributed by atoms with Crippen molar-refractivity contribution in [2.75, 3.05) is 19.6 Å². The summed E-state index contributed by atoms with van der Waals surface area (Å²) in [7, 11) is 0. The third-order valence-electron chi connectivity index (χ3n) is 4.66. The molecule has 3 rings (SSSR count). The highest BCUT2D eigenvalue weighted by Gasteiger charge is 2.28. The summed E-state index contributed by atoms with van der Waals surface area (Å²) in [5, 5.41) is 1.07. The standard InChI is InChI=1S/C18H24N2O/c1-12-8-13(2)10-20(9-12)11-17(21)18-14(3)19-16-7-5-4-6-15(16)18/h4-7,12-13,19H,8-11H2,1-3H3/p+1/t12-,13-/m1/s1. The van der Waals surface area contributed by atoms with Gasteiger partial charge in [0.1, 0.15) is 6.54 Å². The highest BCUT2D eigenvalue weighted by Crippen LogP contribution is 2.22. The zero-order valence-electron chi connectivity index (χ0n) is 13.2. The third kappa shape index (κ3) is 2.88. The van der Waals surface area contributed by atoms with E-state index in [-0.39, 0.29) is 5.78 Å². The zero-order valence-corrected chi connectivity index (χ0v) is 13.2. The number of para-hydroxylation sites is 1. The van der Waals surface area contributed by atoms with Crippen LogP contribution in [0.2, 0.25) is 0 Å². The van der Waals surface area contributed by atoms with Crippen LogP contribution in [-0.2, 0) is 0 Å². The van der Waals surface area contributed by atoms with Gasteiger partial charge in [-0.2, -0.15) is 0 Å². The molecule has 21 heavy (non-hydrogen) atoms. The molecule has 0 amide bonds. The van der Waals surface area contributed by atoms with E-state index in [9.17, 15) is 4.79 Å². The number of likely N-dealkylation sites (tertiary alicyclic amines) is 1. The summed E-state index contributed by atoms with van der Waals surface area (Å²) in [6, 6.07) is 8.09. The predicted octanol–water partition coefficient (Wildman–Crippen LogP) is 2.22. The number of hydrogen-bond donors (Lipinski definition) is 2. The molecule has 0 radical (unpaired) electrons. The van der Waals surface area contributed by atoms with Crippen LogP contribution in [0.15, 0.2) is 24.3 Å². The number of nitrogens with one attached hydrogen (secondary N) is 2. The van der Waals surface area contributed by atoms with Crippen molar-refractivity contribution in [3.05, 3.63) is 35.5 Å². The number of carbonyl (C=O) groups is 1. The lowest BCUT2D eigenvalue weighted by molar-refractivity contribution is -0.903. The van der Waals surface area contributed by atoms with E-state index in [1.54, 1.807) is 0 Å². The molecule has 1 aliphatic rings. The Balaban J connectivity index is 1.82. The van der Waals surface area contributed by atoms with Crippen LogP contribution in [0.4, 0.5) is 0 Å². The summed E-state index contributed by atoms with van der Waals surface area (Å²) in [6.07, 6.45) is 1.30. The molecular formula is C18H25N2O+. The number of piperidine rings is 1. The van der Waals surface area contributed by atoms with Crippen LogP contribution in [-0.4, -0.2) is 30.4 Å². The smallest absolute Gasteiger partial charge is 0.219 e. The van der Waals surface area contributed by atoms with Gasteiger partial charge in [0.2, 0.25) is 5.78 Å². The molecule has 1 fully saturated rings. The van der Waals surface area contributed by atoms with E-state index in [4.69, 9.17) is 0 Å². The van der Waals surface area contributed by atoms with Gasteiger partial charge >= 0.3 is 0 Å². The molecular weight excluding hydrogens is 260 g/mol. The first-order valence-corrected chi connectivity index (χ1v) is 7.98. The van der Waals surface area contributed by atoms with Crippen molar-refractivity contribution in [1.29, 1.82) is 0 Å². The highest BCUT2D eigenvalue weighted by molar-refractivity contribution is 6.09. The summed E-state index contributed by atoms with van der Waals surface area (Å²) in [4.78, 5) is 17.6. The Labute approximate surface area is 126 Å². The molecule has 2 atom stereocenters. The molecule has 0 spiro atoms. The first-order valence-electron chi connectivity index (χ1n) is 7.98. The van der Waals surface area contributed by atoms with Gasteiger partial charge < -0.3 is 9.88 Å². The summed E-state index contributed by atoms with van der Waals surface area (Å²) in [6.45, 7) is 9.48. The Morgan fingerprint density at radius 3 is 2.62 bits per heavy atom. The number of hydrogen-bond acceptors (Lipinski definition) is 1. The van der Waals surface area contributed by atoms with Crippen molar-refractivity contribution >= 4 is 16.7 Å². The van der Waals surface area contributed by atoms with Crippen LogP contribution in [0.25, 0.3) is 10.9 Å². The lowest BCUT2D eigenvalue weighted by Crippen LogP contribution is -3.15. The average molecular weight is 285 g/mol. The van der Waals surface area contributed by atoms with E-state index >= 15 is 0 Å². The van der Waals surface area contributed by atoms with Crippen molar-refractivity contribution < 1.29 is 9.69 Å². The second-order valence-electron chi connectivity index (χ2n) is 6.87. The zero-order chi connectivity index (χ0) is 15.0. The number of benzene rings is 1. The van der Waals surface area contributed by atoms with Crippen LogP contribution < -0.4 is 4.90 Å². The van der Waals surface area contributed by atoms with Crippen molar-refractivity contribution in [2.45, 2.75) is 27.2 Å². The van der Waals surface area contributed by atoms with Gasteiger partial charge in [-0.1, -0.05) is 32.0 Å². The SMILES string of the molecule is Cc1[nH]c2ccccc2c1C(=O)C[NH+]1C[C@H](C)C[C@@H](C)C1. The molecule has 1 aromatic heterocycles. The fourth-order valence-corrected chi connectivity index (χ4v) is 4.02. The van der Waals surface area contributed by atoms with Gasteiger partial charge in [-0.05, 0) is 19.4 Å². The fraction of sp³-hybridized carbons (Fsp3) is 0.500. The van der Waals surface area contributed by atoms with E-state index in [1.807, 2.05) is 31.2 Å². The molecule has 2 heterocycles. The molecule has 2 N–H and O–H groups in total.